The summed E-state index contributed by atoms with van der Waals surface area (Å²) in [6.45, 7) is 4.83. The second-order valence-corrected chi connectivity index (χ2v) is 6.52. The van der Waals surface area contributed by atoms with Crippen LogP contribution in [0.2, 0.25) is 0 Å². The molecule has 2 unspecified atom stereocenters. The number of nitrogens with zero attached hydrogens (tertiary/aromatic N) is 1. The van der Waals surface area contributed by atoms with Gasteiger partial charge in [-0.2, -0.15) is 0 Å². The molecule has 0 radical (unpaired) electrons. The van der Waals surface area contributed by atoms with Gasteiger partial charge in [0.15, 0.2) is 0 Å². The van der Waals surface area contributed by atoms with Crippen molar-refractivity contribution in [2.24, 2.45) is 17.6 Å². The smallest absolute Gasteiger partial charge is 0.0450 e. The molecule has 2 aliphatic carbocycles. The lowest BCUT2D eigenvalue weighted by Crippen LogP contribution is -2.43. The van der Waals surface area contributed by atoms with Crippen LogP contribution in [0.3, 0.4) is 0 Å². The van der Waals surface area contributed by atoms with Gasteiger partial charge in [-0.3, -0.25) is 4.90 Å². The fourth-order valence-electron chi connectivity index (χ4n) is 2.85. The summed E-state index contributed by atoms with van der Waals surface area (Å²) in [5, 5.41) is 0. The van der Waals surface area contributed by atoms with E-state index >= 15 is 0 Å². The first-order valence-corrected chi connectivity index (χ1v) is 7.78. The third kappa shape index (κ3) is 3.58. The van der Waals surface area contributed by atoms with Gasteiger partial charge in [-0.15, -0.1) is 0 Å². The van der Waals surface area contributed by atoms with Crippen molar-refractivity contribution in [3.8, 4) is 0 Å². The lowest BCUT2D eigenvalue weighted by atomic mass is 9.99. The molecular formula is C17H26N2. The molecule has 2 aliphatic rings. The maximum absolute atomic E-state index is 6.49. The summed E-state index contributed by atoms with van der Waals surface area (Å²) in [5.74, 6) is 1.90. The first-order chi connectivity index (χ1) is 9.24. The summed E-state index contributed by atoms with van der Waals surface area (Å²) >= 11 is 0. The highest BCUT2D eigenvalue weighted by molar-refractivity contribution is 5.20. The molecule has 104 valence electrons. The molecule has 2 N–H and O–H groups in total. The van der Waals surface area contributed by atoms with E-state index in [1.165, 1.54) is 44.3 Å². The second-order valence-electron chi connectivity index (χ2n) is 6.52. The van der Waals surface area contributed by atoms with Crippen LogP contribution in [0.4, 0.5) is 0 Å². The Morgan fingerprint density at radius 1 is 1.05 bits per heavy atom. The van der Waals surface area contributed by atoms with Gasteiger partial charge in [0, 0.05) is 25.2 Å². The third-order valence-corrected chi connectivity index (χ3v) is 4.66. The topological polar surface area (TPSA) is 29.3 Å². The summed E-state index contributed by atoms with van der Waals surface area (Å²) in [5.41, 5.74) is 7.76. The SMILES string of the molecule is CC(C(N)c1ccccc1)N(CC1CC1)CC1CC1. The van der Waals surface area contributed by atoms with Crippen LogP contribution in [-0.2, 0) is 0 Å². The Kier molecular flexibility index (Phi) is 3.90. The molecule has 2 saturated carbocycles. The molecule has 0 aliphatic heterocycles. The zero-order valence-electron chi connectivity index (χ0n) is 12.0. The Balaban J connectivity index is 1.65. The normalized spacial score (nSPS) is 22.5. The first kappa shape index (κ1) is 13.1. The Morgan fingerprint density at radius 2 is 1.58 bits per heavy atom. The van der Waals surface area contributed by atoms with Crippen LogP contribution in [0.15, 0.2) is 30.3 Å². The molecule has 19 heavy (non-hydrogen) atoms. The van der Waals surface area contributed by atoms with Crippen molar-refractivity contribution in [1.82, 2.24) is 4.90 Å². The van der Waals surface area contributed by atoms with E-state index in [1.54, 1.807) is 0 Å². The molecule has 0 bridgehead atoms. The van der Waals surface area contributed by atoms with Crippen molar-refractivity contribution >= 4 is 0 Å². The largest absolute Gasteiger partial charge is 0.323 e. The van der Waals surface area contributed by atoms with Crippen LogP contribution < -0.4 is 5.73 Å². The molecule has 3 rings (SSSR count). The molecule has 0 amide bonds. The molecule has 2 heteroatoms. The Labute approximate surface area is 117 Å². The van der Waals surface area contributed by atoms with E-state index in [0.717, 1.165) is 11.8 Å². The van der Waals surface area contributed by atoms with Gasteiger partial charge in [0.1, 0.15) is 0 Å². The van der Waals surface area contributed by atoms with Gasteiger partial charge in [-0.05, 0) is 50.0 Å². The quantitative estimate of drug-likeness (QED) is 0.814. The molecule has 1 aromatic rings. The summed E-state index contributed by atoms with van der Waals surface area (Å²) in [6.07, 6.45) is 5.70. The third-order valence-electron chi connectivity index (χ3n) is 4.66. The Bertz CT molecular complexity index is 381. The molecule has 0 spiro atoms. The van der Waals surface area contributed by atoms with E-state index in [1.807, 2.05) is 0 Å². The lowest BCUT2D eigenvalue weighted by Gasteiger charge is -2.33. The van der Waals surface area contributed by atoms with Crippen molar-refractivity contribution in [3.05, 3.63) is 35.9 Å². The Morgan fingerprint density at radius 3 is 2.05 bits per heavy atom. The van der Waals surface area contributed by atoms with Crippen molar-refractivity contribution in [2.75, 3.05) is 13.1 Å². The molecule has 2 nitrogen and oxygen atoms in total. The van der Waals surface area contributed by atoms with E-state index in [0.29, 0.717) is 6.04 Å². The highest BCUT2D eigenvalue weighted by atomic mass is 15.2. The van der Waals surface area contributed by atoms with Gasteiger partial charge in [0.2, 0.25) is 0 Å². The van der Waals surface area contributed by atoms with Gasteiger partial charge < -0.3 is 5.73 Å². The van der Waals surface area contributed by atoms with Crippen LogP contribution in [0.5, 0.6) is 0 Å². The van der Waals surface area contributed by atoms with Gasteiger partial charge in [-0.1, -0.05) is 30.3 Å². The summed E-state index contributed by atoms with van der Waals surface area (Å²) in [6, 6.07) is 11.2. The summed E-state index contributed by atoms with van der Waals surface area (Å²) < 4.78 is 0. The maximum atomic E-state index is 6.49. The van der Waals surface area contributed by atoms with Gasteiger partial charge in [0.05, 0.1) is 0 Å². The monoisotopic (exact) mass is 258 g/mol. The fourth-order valence-corrected chi connectivity index (χ4v) is 2.85. The van der Waals surface area contributed by atoms with Crippen molar-refractivity contribution in [1.29, 1.82) is 0 Å². The van der Waals surface area contributed by atoms with Gasteiger partial charge in [-0.25, -0.2) is 0 Å². The number of hydrogen-bond donors (Lipinski definition) is 1. The first-order valence-electron chi connectivity index (χ1n) is 7.78. The van der Waals surface area contributed by atoms with Crippen LogP contribution in [0.25, 0.3) is 0 Å². The average molecular weight is 258 g/mol. The number of benzene rings is 1. The fraction of sp³-hybridized carbons (Fsp3) is 0.647. The van der Waals surface area contributed by atoms with Crippen molar-refractivity contribution in [3.63, 3.8) is 0 Å². The molecule has 2 fully saturated rings. The zero-order valence-corrected chi connectivity index (χ0v) is 12.0. The minimum atomic E-state index is 0.138. The van der Waals surface area contributed by atoms with Crippen LogP contribution >= 0.6 is 0 Å². The minimum absolute atomic E-state index is 0.138. The highest BCUT2D eigenvalue weighted by Gasteiger charge is 2.33. The number of hydrogen-bond acceptors (Lipinski definition) is 2. The predicted octanol–water partition coefficient (Wildman–Crippen LogP) is 3.20. The van der Waals surface area contributed by atoms with E-state index < -0.39 is 0 Å². The summed E-state index contributed by atoms with van der Waals surface area (Å²) in [4.78, 5) is 2.66. The van der Waals surface area contributed by atoms with Crippen molar-refractivity contribution in [2.45, 2.75) is 44.7 Å². The molecular weight excluding hydrogens is 232 g/mol. The van der Waals surface area contributed by atoms with E-state index in [9.17, 15) is 0 Å². The molecule has 0 aromatic heterocycles. The Hall–Kier alpha value is -0.860. The van der Waals surface area contributed by atoms with Crippen LogP contribution in [0.1, 0.15) is 44.2 Å². The molecule has 0 saturated heterocycles. The van der Waals surface area contributed by atoms with E-state index in [-0.39, 0.29) is 6.04 Å². The molecule has 1 aromatic carbocycles. The van der Waals surface area contributed by atoms with E-state index in [2.05, 4.69) is 42.2 Å². The second kappa shape index (κ2) is 5.64. The summed E-state index contributed by atoms with van der Waals surface area (Å²) in [7, 11) is 0. The highest BCUT2D eigenvalue weighted by Crippen LogP contribution is 2.35. The van der Waals surface area contributed by atoms with Crippen molar-refractivity contribution < 1.29 is 0 Å². The number of nitrogens with two attached hydrogens (primary N) is 1. The average Bonchev–Trinajstić information content (AvgIpc) is 3.32. The predicted molar refractivity (Wildman–Crippen MR) is 79.9 cm³/mol. The van der Waals surface area contributed by atoms with Crippen LogP contribution in [-0.4, -0.2) is 24.0 Å². The number of rotatable bonds is 7. The standard InChI is InChI=1S/C17H26N2/c1-13(17(18)16-5-3-2-4-6-16)19(11-14-7-8-14)12-15-9-10-15/h2-6,13-15,17H,7-12,18H2,1H3. The molecule has 2 atom stereocenters. The van der Waals surface area contributed by atoms with Gasteiger partial charge in [0.25, 0.3) is 0 Å². The van der Waals surface area contributed by atoms with E-state index in [4.69, 9.17) is 5.73 Å². The van der Waals surface area contributed by atoms with Crippen LogP contribution in [0, 0.1) is 11.8 Å². The minimum Gasteiger partial charge on any atom is -0.323 e. The zero-order chi connectivity index (χ0) is 13.2. The lowest BCUT2D eigenvalue weighted by molar-refractivity contribution is 0.169. The maximum Gasteiger partial charge on any atom is 0.0450 e. The molecule has 0 heterocycles. The van der Waals surface area contributed by atoms with Gasteiger partial charge >= 0.3 is 0 Å².